The standard InChI is InChI=1S/C15H25FN2/c1-7-18(10(2)3)15-8-11(4)14(16)9-13(15)12(5)17-6/h8-10,12,17H,7H2,1-6H3. The van der Waals surface area contributed by atoms with Gasteiger partial charge in [0.25, 0.3) is 0 Å². The van der Waals surface area contributed by atoms with Crippen molar-refractivity contribution in [1.82, 2.24) is 5.32 Å². The maximum absolute atomic E-state index is 13.8. The summed E-state index contributed by atoms with van der Waals surface area (Å²) < 4.78 is 13.8. The van der Waals surface area contributed by atoms with Crippen molar-refractivity contribution in [3.05, 3.63) is 29.1 Å². The molecule has 0 saturated carbocycles. The van der Waals surface area contributed by atoms with Gasteiger partial charge in [0, 0.05) is 24.3 Å². The van der Waals surface area contributed by atoms with Gasteiger partial charge < -0.3 is 10.2 Å². The molecule has 0 bridgehead atoms. The van der Waals surface area contributed by atoms with Crippen molar-refractivity contribution in [1.29, 1.82) is 0 Å². The van der Waals surface area contributed by atoms with Gasteiger partial charge in [-0.05, 0) is 64.9 Å². The lowest BCUT2D eigenvalue weighted by Gasteiger charge is -2.31. The fraction of sp³-hybridized carbons (Fsp3) is 0.600. The van der Waals surface area contributed by atoms with E-state index in [0.29, 0.717) is 11.6 Å². The summed E-state index contributed by atoms with van der Waals surface area (Å²) >= 11 is 0. The zero-order chi connectivity index (χ0) is 13.9. The van der Waals surface area contributed by atoms with E-state index in [1.807, 2.05) is 20.0 Å². The van der Waals surface area contributed by atoms with E-state index in [-0.39, 0.29) is 11.9 Å². The average molecular weight is 252 g/mol. The molecule has 0 spiro atoms. The molecular formula is C15H25FN2. The highest BCUT2D eigenvalue weighted by Gasteiger charge is 2.18. The van der Waals surface area contributed by atoms with E-state index < -0.39 is 0 Å². The Labute approximate surface area is 110 Å². The van der Waals surface area contributed by atoms with Gasteiger partial charge in [0.15, 0.2) is 0 Å². The highest BCUT2D eigenvalue weighted by molar-refractivity contribution is 5.57. The molecule has 0 fully saturated rings. The topological polar surface area (TPSA) is 15.3 Å². The molecule has 2 nitrogen and oxygen atoms in total. The Hall–Kier alpha value is -1.09. The third-order valence-electron chi connectivity index (χ3n) is 3.48. The summed E-state index contributed by atoms with van der Waals surface area (Å²) in [5.74, 6) is -0.129. The number of aryl methyl sites for hydroxylation is 1. The second-order valence-electron chi connectivity index (χ2n) is 5.05. The molecule has 0 aromatic heterocycles. The van der Waals surface area contributed by atoms with E-state index in [1.165, 1.54) is 0 Å². The van der Waals surface area contributed by atoms with Gasteiger partial charge in [0.1, 0.15) is 5.82 Å². The first kappa shape index (κ1) is 15.0. The van der Waals surface area contributed by atoms with Crippen LogP contribution < -0.4 is 10.2 Å². The highest BCUT2D eigenvalue weighted by Crippen LogP contribution is 2.30. The Balaban J connectivity index is 3.34. The van der Waals surface area contributed by atoms with E-state index in [2.05, 4.69) is 37.9 Å². The summed E-state index contributed by atoms with van der Waals surface area (Å²) in [4.78, 5) is 2.30. The van der Waals surface area contributed by atoms with Crippen molar-refractivity contribution >= 4 is 5.69 Å². The van der Waals surface area contributed by atoms with Crippen LogP contribution in [-0.2, 0) is 0 Å². The highest BCUT2D eigenvalue weighted by atomic mass is 19.1. The van der Waals surface area contributed by atoms with Gasteiger partial charge in [-0.2, -0.15) is 0 Å². The van der Waals surface area contributed by atoms with Gasteiger partial charge in [-0.3, -0.25) is 0 Å². The zero-order valence-electron chi connectivity index (χ0n) is 12.3. The SMILES string of the molecule is CCN(c1cc(C)c(F)cc1C(C)NC)C(C)C. The molecule has 1 atom stereocenters. The van der Waals surface area contributed by atoms with E-state index in [4.69, 9.17) is 0 Å². The monoisotopic (exact) mass is 252 g/mol. The van der Waals surface area contributed by atoms with E-state index >= 15 is 0 Å². The maximum atomic E-state index is 13.8. The minimum absolute atomic E-state index is 0.129. The van der Waals surface area contributed by atoms with Gasteiger partial charge in [-0.1, -0.05) is 0 Å². The molecule has 1 N–H and O–H groups in total. The Morgan fingerprint density at radius 3 is 2.33 bits per heavy atom. The van der Waals surface area contributed by atoms with Crippen LogP contribution in [0.15, 0.2) is 12.1 Å². The number of benzene rings is 1. The van der Waals surface area contributed by atoms with Crippen molar-refractivity contribution in [2.75, 3.05) is 18.5 Å². The van der Waals surface area contributed by atoms with Crippen LogP contribution in [0.4, 0.5) is 10.1 Å². The van der Waals surface area contributed by atoms with Gasteiger partial charge >= 0.3 is 0 Å². The lowest BCUT2D eigenvalue weighted by molar-refractivity contribution is 0.596. The molecule has 1 aromatic carbocycles. The summed E-state index contributed by atoms with van der Waals surface area (Å²) in [6.45, 7) is 11.3. The molecule has 0 aliphatic carbocycles. The Morgan fingerprint density at radius 1 is 1.28 bits per heavy atom. The van der Waals surface area contributed by atoms with Gasteiger partial charge in [0.05, 0.1) is 0 Å². The number of anilines is 1. The van der Waals surface area contributed by atoms with Crippen LogP contribution >= 0.6 is 0 Å². The van der Waals surface area contributed by atoms with Crippen LogP contribution in [0.5, 0.6) is 0 Å². The summed E-state index contributed by atoms with van der Waals surface area (Å²) in [6, 6.07) is 4.17. The van der Waals surface area contributed by atoms with E-state index in [9.17, 15) is 4.39 Å². The van der Waals surface area contributed by atoms with Crippen molar-refractivity contribution in [3.63, 3.8) is 0 Å². The smallest absolute Gasteiger partial charge is 0.126 e. The molecule has 1 aromatic rings. The first-order chi connectivity index (χ1) is 8.42. The predicted molar refractivity (Wildman–Crippen MR) is 76.8 cm³/mol. The van der Waals surface area contributed by atoms with Crippen molar-refractivity contribution in [2.24, 2.45) is 0 Å². The summed E-state index contributed by atoms with van der Waals surface area (Å²) in [5.41, 5.74) is 2.86. The van der Waals surface area contributed by atoms with Gasteiger partial charge in [-0.25, -0.2) is 4.39 Å². The summed E-state index contributed by atoms with van der Waals surface area (Å²) in [6.07, 6.45) is 0. The van der Waals surface area contributed by atoms with Crippen LogP contribution in [0.2, 0.25) is 0 Å². The fourth-order valence-corrected chi connectivity index (χ4v) is 2.25. The number of nitrogens with one attached hydrogen (secondary N) is 1. The predicted octanol–water partition coefficient (Wildman–Crippen LogP) is 3.65. The van der Waals surface area contributed by atoms with Gasteiger partial charge in [0.2, 0.25) is 0 Å². The van der Waals surface area contributed by atoms with E-state index in [1.54, 1.807) is 6.07 Å². The van der Waals surface area contributed by atoms with Crippen LogP contribution in [0.1, 0.15) is 44.9 Å². The number of halogens is 1. The summed E-state index contributed by atoms with van der Waals surface area (Å²) in [7, 11) is 1.90. The molecule has 1 unspecified atom stereocenters. The Bertz CT molecular complexity index is 402. The number of nitrogens with zero attached hydrogens (tertiary/aromatic N) is 1. The molecule has 0 saturated heterocycles. The fourth-order valence-electron chi connectivity index (χ4n) is 2.25. The normalized spacial score (nSPS) is 12.9. The first-order valence-corrected chi connectivity index (χ1v) is 6.66. The quantitative estimate of drug-likeness (QED) is 0.860. The van der Waals surface area contributed by atoms with Crippen LogP contribution in [-0.4, -0.2) is 19.6 Å². The molecule has 0 heterocycles. The molecule has 0 amide bonds. The lowest BCUT2D eigenvalue weighted by atomic mass is 10.0. The molecule has 18 heavy (non-hydrogen) atoms. The number of rotatable bonds is 5. The minimum atomic E-state index is -0.129. The number of hydrogen-bond acceptors (Lipinski definition) is 2. The molecular weight excluding hydrogens is 227 g/mol. The van der Waals surface area contributed by atoms with Crippen LogP contribution in [0.3, 0.4) is 0 Å². The second-order valence-corrected chi connectivity index (χ2v) is 5.05. The van der Waals surface area contributed by atoms with E-state index in [0.717, 1.165) is 17.8 Å². The average Bonchev–Trinajstić information content (AvgIpc) is 2.32. The van der Waals surface area contributed by atoms with Crippen molar-refractivity contribution < 1.29 is 4.39 Å². The third kappa shape index (κ3) is 3.02. The zero-order valence-corrected chi connectivity index (χ0v) is 12.3. The molecule has 0 aliphatic rings. The molecule has 102 valence electrons. The second kappa shape index (κ2) is 6.19. The third-order valence-corrected chi connectivity index (χ3v) is 3.48. The minimum Gasteiger partial charge on any atom is -0.369 e. The summed E-state index contributed by atoms with van der Waals surface area (Å²) in [5, 5.41) is 3.19. The lowest BCUT2D eigenvalue weighted by Crippen LogP contribution is -2.32. The van der Waals surface area contributed by atoms with Crippen LogP contribution in [0.25, 0.3) is 0 Å². The number of hydrogen-bond donors (Lipinski definition) is 1. The molecule has 3 heteroatoms. The molecule has 1 rings (SSSR count). The molecule has 0 aliphatic heterocycles. The Kier molecular flexibility index (Phi) is 5.15. The maximum Gasteiger partial charge on any atom is 0.126 e. The van der Waals surface area contributed by atoms with Crippen LogP contribution in [0, 0.1) is 12.7 Å². The largest absolute Gasteiger partial charge is 0.369 e. The van der Waals surface area contributed by atoms with Gasteiger partial charge in [-0.15, -0.1) is 0 Å². The first-order valence-electron chi connectivity index (χ1n) is 6.66. The van der Waals surface area contributed by atoms with Crippen molar-refractivity contribution in [3.8, 4) is 0 Å². The Morgan fingerprint density at radius 2 is 1.89 bits per heavy atom. The van der Waals surface area contributed by atoms with Crippen molar-refractivity contribution in [2.45, 2.75) is 46.7 Å². The molecule has 0 radical (unpaired) electrons.